The highest BCUT2D eigenvalue weighted by Gasteiger charge is 2.20. The van der Waals surface area contributed by atoms with Crippen molar-refractivity contribution in [3.05, 3.63) is 69.8 Å². The Morgan fingerprint density at radius 1 is 1.00 bits per heavy atom. The van der Waals surface area contributed by atoms with Gasteiger partial charge in [-0.2, -0.15) is 0 Å². The zero-order valence-electron chi connectivity index (χ0n) is 15.2. The van der Waals surface area contributed by atoms with Crippen LogP contribution in [0.5, 0.6) is 5.75 Å². The number of carbonyl (C=O) groups excluding carboxylic acids is 2. The Kier molecular flexibility index (Phi) is 7.05. The number of carbonyl (C=O) groups is 2. The Morgan fingerprint density at radius 3 is 2.15 bits per heavy atom. The Hall–Kier alpha value is -3.22. The lowest BCUT2D eigenvalue weighted by Crippen LogP contribution is -2.16. The molecule has 0 aromatic heterocycles. The second-order valence-corrected chi connectivity index (χ2v) is 6.36. The standard InChI is InChI=1S/C20H21NO6/c1-14(2)6-5-13-26-19(22)17-7-3-4-8-18(17)20(23)27-16-11-9-15(10-12-16)21(24)25/h3-4,7-12,14H,5-6,13H2,1-2H3. The summed E-state index contributed by atoms with van der Waals surface area (Å²) in [6, 6.07) is 11.3. The van der Waals surface area contributed by atoms with Crippen LogP contribution in [0, 0.1) is 16.0 Å². The quantitative estimate of drug-likeness (QED) is 0.224. The maximum absolute atomic E-state index is 12.4. The minimum Gasteiger partial charge on any atom is -0.462 e. The van der Waals surface area contributed by atoms with Gasteiger partial charge in [-0.1, -0.05) is 26.0 Å². The number of esters is 2. The molecule has 0 aliphatic carbocycles. The first-order chi connectivity index (χ1) is 12.9. The third-order valence-electron chi connectivity index (χ3n) is 3.78. The molecule has 0 saturated heterocycles. The molecule has 2 aromatic carbocycles. The summed E-state index contributed by atoms with van der Waals surface area (Å²) in [6.45, 7) is 4.46. The number of nitro groups is 1. The van der Waals surface area contributed by atoms with Crippen LogP contribution in [-0.2, 0) is 4.74 Å². The van der Waals surface area contributed by atoms with Crippen LogP contribution in [0.1, 0.15) is 47.4 Å². The van der Waals surface area contributed by atoms with Gasteiger partial charge in [0.2, 0.25) is 0 Å². The van der Waals surface area contributed by atoms with Gasteiger partial charge in [-0.05, 0) is 43.0 Å². The normalized spacial score (nSPS) is 10.5. The summed E-state index contributed by atoms with van der Waals surface area (Å²) in [5.41, 5.74) is 0.0823. The van der Waals surface area contributed by atoms with E-state index in [0.29, 0.717) is 5.92 Å². The maximum atomic E-state index is 12.4. The van der Waals surface area contributed by atoms with Gasteiger partial charge in [0.05, 0.1) is 22.7 Å². The van der Waals surface area contributed by atoms with Crippen molar-refractivity contribution in [2.45, 2.75) is 26.7 Å². The third kappa shape index (κ3) is 5.91. The monoisotopic (exact) mass is 371 g/mol. The van der Waals surface area contributed by atoms with E-state index in [0.717, 1.165) is 12.8 Å². The first-order valence-corrected chi connectivity index (χ1v) is 8.61. The minimum atomic E-state index is -0.737. The van der Waals surface area contributed by atoms with Gasteiger partial charge in [0.15, 0.2) is 0 Å². The van der Waals surface area contributed by atoms with Crippen molar-refractivity contribution >= 4 is 17.6 Å². The van der Waals surface area contributed by atoms with E-state index in [1.807, 2.05) is 0 Å². The number of nitrogens with zero attached hydrogens (tertiary/aromatic N) is 1. The second kappa shape index (κ2) is 9.47. The highest BCUT2D eigenvalue weighted by molar-refractivity contribution is 6.03. The molecule has 0 radical (unpaired) electrons. The van der Waals surface area contributed by atoms with Gasteiger partial charge in [-0.3, -0.25) is 10.1 Å². The number of nitro benzene ring substituents is 1. The van der Waals surface area contributed by atoms with E-state index >= 15 is 0 Å². The Bertz CT molecular complexity index is 813. The Morgan fingerprint density at radius 2 is 1.59 bits per heavy atom. The van der Waals surface area contributed by atoms with Gasteiger partial charge in [0.25, 0.3) is 5.69 Å². The summed E-state index contributed by atoms with van der Waals surface area (Å²) in [4.78, 5) is 34.8. The number of hydrogen-bond acceptors (Lipinski definition) is 6. The van der Waals surface area contributed by atoms with Crippen LogP contribution in [0.3, 0.4) is 0 Å². The Balaban J connectivity index is 2.06. The van der Waals surface area contributed by atoms with Gasteiger partial charge < -0.3 is 9.47 Å². The van der Waals surface area contributed by atoms with Crippen molar-refractivity contribution in [1.29, 1.82) is 0 Å². The zero-order valence-corrected chi connectivity index (χ0v) is 15.2. The molecular weight excluding hydrogens is 350 g/mol. The number of hydrogen-bond donors (Lipinski definition) is 0. The summed E-state index contributed by atoms with van der Waals surface area (Å²) in [7, 11) is 0. The van der Waals surface area contributed by atoms with Crippen LogP contribution in [0.15, 0.2) is 48.5 Å². The van der Waals surface area contributed by atoms with Crippen molar-refractivity contribution in [1.82, 2.24) is 0 Å². The number of benzene rings is 2. The van der Waals surface area contributed by atoms with E-state index in [-0.39, 0.29) is 29.2 Å². The van der Waals surface area contributed by atoms with Gasteiger partial charge in [-0.15, -0.1) is 0 Å². The molecule has 0 fully saturated rings. The summed E-state index contributed by atoms with van der Waals surface area (Å²) in [5.74, 6) is -0.660. The number of non-ortho nitro benzene ring substituents is 1. The maximum Gasteiger partial charge on any atom is 0.344 e. The van der Waals surface area contributed by atoms with Crippen LogP contribution in [0.2, 0.25) is 0 Å². The molecule has 0 saturated carbocycles. The molecule has 0 aliphatic heterocycles. The predicted molar refractivity (Wildman–Crippen MR) is 98.9 cm³/mol. The largest absolute Gasteiger partial charge is 0.462 e. The molecule has 142 valence electrons. The van der Waals surface area contributed by atoms with Gasteiger partial charge in [-0.25, -0.2) is 9.59 Å². The van der Waals surface area contributed by atoms with E-state index in [2.05, 4.69) is 13.8 Å². The second-order valence-electron chi connectivity index (χ2n) is 6.36. The molecule has 0 N–H and O–H groups in total. The van der Waals surface area contributed by atoms with Crippen LogP contribution in [0.25, 0.3) is 0 Å². The molecule has 27 heavy (non-hydrogen) atoms. The highest BCUT2D eigenvalue weighted by atomic mass is 16.6. The SMILES string of the molecule is CC(C)CCCOC(=O)c1ccccc1C(=O)Oc1ccc([N+](=O)[O-])cc1. The Labute approximate surface area is 157 Å². The molecule has 0 spiro atoms. The smallest absolute Gasteiger partial charge is 0.344 e. The van der Waals surface area contributed by atoms with Crippen molar-refractivity contribution in [3.63, 3.8) is 0 Å². The summed E-state index contributed by atoms with van der Waals surface area (Å²) in [6.07, 6.45) is 1.69. The zero-order chi connectivity index (χ0) is 19.8. The van der Waals surface area contributed by atoms with Crippen molar-refractivity contribution in [2.24, 2.45) is 5.92 Å². The molecule has 7 heteroatoms. The molecular formula is C20H21NO6. The van der Waals surface area contributed by atoms with E-state index in [1.165, 1.54) is 36.4 Å². The first-order valence-electron chi connectivity index (χ1n) is 8.61. The molecule has 0 heterocycles. The van der Waals surface area contributed by atoms with Gasteiger partial charge in [0, 0.05) is 12.1 Å². The van der Waals surface area contributed by atoms with Crippen molar-refractivity contribution in [2.75, 3.05) is 6.61 Å². The van der Waals surface area contributed by atoms with Crippen LogP contribution >= 0.6 is 0 Å². The lowest BCUT2D eigenvalue weighted by molar-refractivity contribution is -0.384. The fraction of sp³-hybridized carbons (Fsp3) is 0.300. The van der Waals surface area contributed by atoms with E-state index in [9.17, 15) is 19.7 Å². The van der Waals surface area contributed by atoms with Crippen LogP contribution < -0.4 is 4.74 Å². The highest BCUT2D eigenvalue weighted by Crippen LogP contribution is 2.20. The third-order valence-corrected chi connectivity index (χ3v) is 3.78. The molecule has 2 aromatic rings. The van der Waals surface area contributed by atoms with Gasteiger partial charge >= 0.3 is 11.9 Å². The summed E-state index contributed by atoms with van der Waals surface area (Å²) in [5, 5.41) is 10.7. The molecule has 2 rings (SSSR count). The summed E-state index contributed by atoms with van der Waals surface area (Å²) >= 11 is 0. The first kappa shape index (κ1) is 20.1. The molecule has 7 nitrogen and oxygen atoms in total. The minimum absolute atomic E-state index is 0.0738. The van der Waals surface area contributed by atoms with E-state index in [4.69, 9.17) is 9.47 Å². The van der Waals surface area contributed by atoms with Crippen LogP contribution in [-0.4, -0.2) is 23.5 Å². The molecule has 0 bridgehead atoms. The lowest BCUT2D eigenvalue weighted by Gasteiger charge is -2.10. The molecule has 0 amide bonds. The van der Waals surface area contributed by atoms with Crippen molar-refractivity contribution in [3.8, 4) is 5.75 Å². The predicted octanol–water partition coefficient (Wildman–Crippen LogP) is 4.41. The van der Waals surface area contributed by atoms with Crippen molar-refractivity contribution < 1.29 is 24.0 Å². The van der Waals surface area contributed by atoms with E-state index in [1.54, 1.807) is 12.1 Å². The van der Waals surface area contributed by atoms with Crippen LogP contribution in [0.4, 0.5) is 5.69 Å². The average Bonchev–Trinajstić information content (AvgIpc) is 2.65. The topological polar surface area (TPSA) is 95.7 Å². The fourth-order valence-corrected chi connectivity index (χ4v) is 2.37. The average molecular weight is 371 g/mol. The number of rotatable bonds is 8. The van der Waals surface area contributed by atoms with Gasteiger partial charge in [0.1, 0.15) is 5.75 Å². The molecule has 0 aliphatic rings. The fourth-order valence-electron chi connectivity index (χ4n) is 2.37. The summed E-state index contributed by atoms with van der Waals surface area (Å²) < 4.78 is 10.5. The molecule has 0 unspecified atom stereocenters. The van der Waals surface area contributed by atoms with E-state index < -0.39 is 16.9 Å². The number of ether oxygens (including phenoxy) is 2. The lowest BCUT2D eigenvalue weighted by atomic mass is 10.1. The molecule has 0 atom stereocenters.